The van der Waals surface area contributed by atoms with Crippen LogP contribution in [0, 0.1) is 11.8 Å². The Bertz CT molecular complexity index is 213. The van der Waals surface area contributed by atoms with Crippen molar-refractivity contribution in [1.82, 2.24) is 0 Å². The predicted molar refractivity (Wildman–Crippen MR) is 73.6 cm³/mol. The van der Waals surface area contributed by atoms with Gasteiger partial charge in [0.05, 0.1) is 6.10 Å². The van der Waals surface area contributed by atoms with Gasteiger partial charge >= 0.3 is 0 Å². The molecule has 2 rings (SSSR count). The molecule has 1 heterocycles. The summed E-state index contributed by atoms with van der Waals surface area (Å²) in [5, 5.41) is 0.435. The Morgan fingerprint density at radius 1 is 1.12 bits per heavy atom. The summed E-state index contributed by atoms with van der Waals surface area (Å²) in [4.78, 5) is 0. The van der Waals surface area contributed by atoms with Crippen molar-refractivity contribution in [3.8, 4) is 0 Å². The molecular formula is C15H27ClO. The Morgan fingerprint density at radius 2 is 2.00 bits per heavy atom. The van der Waals surface area contributed by atoms with Crippen LogP contribution in [0.25, 0.3) is 0 Å². The Labute approximate surface area is 111 Å². The Hall–Kier alpha value is 0.250. The zero-order valence-corrected chi connectivity index (χ0v) is 11.9. The highest BCUT2D eigenvalue weighted by Gasteiger charge is 2.29. The number of hydrogen-bond donors (Lipinski definition) is 0. The maximum absolute atomic E-state index is 6.49. The van der Waals surface area contributed by atoms with Crippen LogP contribution in [0.5, 0.6) is 0 Å². The van der Waals surface area contributed by atoms with Crippen LogP contribution in [0.15, 0.2) is 0 Å². The molecule has 0 N–H and O–H groups in total. The highest BCUT2D eigenvalue weighted by atomic mass is 35.5. The minimum atomic E-state index is 0.435. The van der Waals surface area contributed by atoms with Gasteiger partial charge in [-0.25, -0.2) is 0 Å². The quantitative estimate of drug-likeness (QED) is 0.646. The number of rotatable bonds is 5. The third-order valence-corrected chi connectivity index (χ3v) is 5.15. The Morgan fingerprint density at radius 3 is 2.71 bits per heavy atom. The summed E-state index contributed by atoms with van der Waals surface area (Å²) >= 11 is 6.49. The molecule has 0 aromatic rings. The Balaban J connectivity index is 1.72. The maximum atomic E-state index is 6.49. The van der Waals surface area contributed by atoms with Crippen LogP contribution >= 0.6 is 11.6 Å². The van der Waals surface area contributed by atoms with Crippen molar-refractivity contribution in [3.63, 3.8) is 0 Å². The van der Waals surface area contributed by atoms with Crippen LogP contribution in [0.3, 0.4) is 0 Å². The van der Waals surface area contributed by atoms with Crippen molar-refractivity contribution in [3.05, 3.63) is 0 Å². The van der Waals surface area contributed by atoms with Crippen LogP contribution in [-0.2, 0) is 4.74 Å². The Kier molecular flexibility index (Phi) is 5.62. The molecule has 0 spiro atoms. The summed E-state index contributed by atoms with van der Waals surface area (Å²) < 4.78 is 5.71. The van der Waals surface area contributed by atoms with E-state index in [1.54, 1.807) is 0 Å². The van der Waals surface area contributed by atoms with E-state index >= 15 is 0 Å². The first-order chi connectivity index (χ1) is 8.29. The van der Waals surface area contributed by atoms with Gasteiger partial charge in [-0.15, -0.1) is 11.6 Å². The molecule has 17 heavy (non-hydrogen) atoms. The average molecular weight is 259 g/mol. The number of hydrogen-bond acceptors (Lipinski definition) is 1. The standard InChI is InChI=1S/C15H27ClO/c1-2-4-12-6-9-15(16)13(11-12)7-8-14-5-3-10-17-14/h12-15H,2-11H2,1H3. The average Bonchev–Trinajstić information content (AvgIpc) is 2.83. The summed E-state index contributed by atoms with van der Waals surface area (Å²) in [5.41, 5.74) is 0. The van der Waals surface area contributed by atoms with Crippen LogP contribution in [0.2, 0.25) is 0 Å². The molecule has 1 saturated carbocycles. The predicted octanol–water partition coefficient (Wildman–Crippen LogP) is 4.77. The van der Waals surface area contributed by atoms with Crippen molar-refractivity contribution >= 4 is 11.6 Å². The van der Waals surface area contributed by atoms with E-state index in [0.717, 1.165) is 18.4 Å². The van der Waals surface area contributed by atoms with Gasteiger partial charge in [0.2, 0.25) is 0 Å². The van der Waals surface area contributed by atoms with Crippen molar-refractivity contribution in [2.24, 2.45) is 11.8 Å². The first-order valence-electron chi connectivity index (χ1n) is 7.55. The first-order valence-corrected chi connectivity index (χ1v) is 7.99. The zero-order chi connectivity index (χ0) is 12.1. The molecule has 0 aromatic carbocycles. The van der Waals surface area contributed by atoms with E-state index in [2.05, 4.69) is 6.92 Å². The van der Waals surface area contributed by atoms with Gasteiger partial charge < -0.3 is 4.74 Å². The second-order valence-corrected chi connectivity index (χ2v) is 6.52. The van der Waals surface area contributed by atoms with Crippen molar-refractivity contribution in [2.45, 2.75) is 76.2 Å². The van der Waals surface area contributed by atoms with Gasteiger partial charge in [-0.2, -0.15) is 0 Å². The smallest absolute Gasteiger partial charge is 0.0576 e. The third-order valence-electron chi connectivity index (χ3n) is 4.58. The lowest BCUT2D eigenvalue weighted by molar-refractivity contribution is 0.0938. The number of ether oxygens (including phenoxy) is 1. The molecular weight excluding hydrogens is 232 g/mol. The van der Waals surface area contributed by atoms with E-state index in [1.807, 2.05) is 0 Å². The van der Waals surface area contributed by atoms with Crippen molar-refractivity contribution < 1.29 is 4.74 Å². The minimum Gasteiger partial charge on any atom is -0.378 e. The molecule has 1 saturated heterocycles. The van der Waals surface area contributed by atoms with Crippen LogP contribution in [-0.4, -0.2) is 18.1 Å². The molecule has 1 nitrogen and oxygen atoms in total. The SMILES string of the molecule is CCCC1CCC(Cl)C(CCC2CCCO2)C1. The molecule has 2 heteroatoms. The second kappa shape index (κ2) is 6.99. The largest absolute Gasteiger partial charge is 0.378 e. The molecule has 100 valence electrons. The summed E-state index contributed by atoms with van der Waals surface area (Å²) in [7, 11) is 0. The second-order valence-electron chi connectivity index (χ2n) is 5.96. The summed E-state index contributed by atoms with van der Waals surface area (Å²) in [6.45, 7) is 3.28. The van der Waals surface area contributed by atoms with Crippen molar-refractivity contribution in [2.75, 3.05) is 6.61 Å². The summed E-state index contributed by atoms with van der Waals surface area (Å²) in [6.07, 6.45) is 12.3. The fourth-order valence-electron chi connectivity index (χ4n) is 3.57. The normalized spacial score (nSPS) is 38.5. The van der Waals surface area contributed by atoms with Gasteiger partial charge in [0.25, 0.3) is 0 Å². The molecule has 0 radical (unpaired) electrons. The summed E-state index contributed by atoms with van der Waals surface area (Å²) in [6, 6.07) is 0. The number of halogens is 1. The molecule has 0 aromatic heterocycles. The lowest BCUT2D eigenvalue weighted by Gasteiger charge is -2.33. The molecule has 2 aliphatic rings. The molecule has 1 aliphatic heterocycles. The van der Waals surface area contributed by atoms with Gasteiger partial charge in [-0.1, -0.05) is 19.8 Å². The molecule has 4 atom stereocenters. The van der Waals surface area contributed by atoms with E-state index in [-0.39, 0.29) is 0 Å². The van der Waals surface area contributed by atoms with Crippen molar-refractivity contribution in [1.29, 1.82) is 0 Å². The van der Waals surface area contributed by atoms with Gasteiger partial charge in [0, 0.05) is 12.0 Å². The number of alkyl halides is 1. The van der Waals surface area contributed by atoms with Crippen LogP contribution in [0.1, 0.15) is 64.7 Å². The maximum Gasteiger partial charge on any atom is 0.0576 e. The topological polar surface area (TPSA) is 9.23 Å². The minimum absolute atomic E-state index is 0.435. The molecule has 0 bridgehead atoms. The zero-order valence-electron chi connectivity index (χ0n) is 11.2. The van der Waals surface area contributed by atoms with E-state index in [4.69, 9.17) is 16.3 Å². The first kappa shape index (κ1) is 13.7. The molecule has 1 aliphatic carbocycles. The summed E-state index contributed by atoms with van der Waals surface area (Å²) in [5.74, 6) is 1.70. The lowest BCUT2D eigenvalue weighted by atomic mass is 9.77. The lowest BCUT2D eigenvalue weighted by Crippen LogP contribution is -2.26. The van der Waals surface area contributed by atoms with E-state index in [1.165, 1.54) is 57.8 Å². The van der Waals surface area contributed by atoms with Gasteiger partial charge in [-0.3, -0.25) is 0 Å². The fourth-order valence-corrected chi connectivity index (χ4v) is 3.92. The van der Waals surface area contributed by atoms with E-state index in [9.17, 15) is 0 Å². The molecule has 0 amide bonds. The van der Waals surface area contributed by atoms with Gasteiger partial charge in [0.15, 0.2) is 0 Å². The van der Waals surface area contributed by atoms with E-state index in [0.29, 0.717) is 11.5 Å². The highest BCUT2D eigenvalue weighted by molar-refractivity contribution is 6.20. The van der Waals surface area contributed by atoms with Crippen LogP contribution < -0.4 is 0 Å². The molecule has 4 unspecified atom stereocenters. The fraction of sp³-hybridized carbons (Fsp3) is 1.00. The monoisotopic (exact) mass is 258 g/mol. The van der Waals surface area contributed by atoms with E-state index < -0.39 is 0 Å². The highest BCUT2D eigenvalue weighted by Crippen LogP contribution is 2.38. The van der Waals surface area contributed by atoms with Gasteiger partial charge in [0.1, 0.15) is 0 Å². The third kappa shape index (κ3) is 4.13. The van der Waals surface area contributed by atoms with Gasteiger partial charge in [-0.05, 0) is 56.8 Å². The van der Waals surface area contributed by atoms with Crippen LogP contribution in [0.4, 0.5) is 0 Å². The molecule has 2 fully saturated rings.